The van der Waals surface area contributed by atoms with Gasteiger partial charge in [-0.05, 0) is 24.1 Å². The van der Waals surface area contributed by atoms with Crippen molar-refractivity contribution >= 4 is 10.0 Å². The van der Waals surface area contributed by atoms with Crippen molar-refractivity contribution in [2.24, 2.45) is 0 Å². The van der Waals surface area contributed by atoms with Crippen LogP contribution in [0, 0.1) is 0 Å². The molecule has 6 heteroatoms. The fraction of sp³-hybridized carbons (Fsp3) is 0.545. The van der Waals surface area contributed by atoms with Gasteiger partial charge in [0.2, 0.25) is 10.0 Å². The van der Waals surface area contributed by atoms with Gasteiger partial charge in [-0.25, -0.2) is 8.42 Å². The number of hydrogen-bond donors (Lipinski definition) is 1. The number of pyridine rings is 1. The lowest BCUT2D eigenvalue weighted by Gasteiger charge is -2.19. The first kappa shape index (κ1) is 14.1. The average molecular weight is 258 g/mol. The van der Waals surface area contributed by atoms with Crippen LogP contribution in [0.4, 0.5) is 0 Å². The molecule has 1 N–H and O–H groups in total. The van der Waals surface area contributed by atoms with Crippen LogP contribution in [0.15, 0.2) is 24.5 Å². The van der Waals surface area contributed by atoms with Crippen LogP contribution in [0.5, 0.6) is 0 Å². The summed E-state index contributed by atoms with van der Waals surface area (Å²) in [7, 11) is -3.28. The molecule has 0 aliphatic carbocycles. The SMILES string of the molecule is CCN(CCO)S(=O)(=O)CCc1ccncc1. The first-order valence-electron chi connectivity index (χ1n) is 5.57. The van der Waals surface area contributed by atoms with Gasteiger partial charge < -0.3 is 5.11 Å². The van der Waals surface area contributed by atoms with E-state index in [9.17, 15) is 8.42 Å². The molecule has 0 fully saturated rings. The van der Waals surface area contributed by atoms with E-state index in [1.165, 1.54) is 4.31 Å². The van der Waals surface area contributed by atoms with Crippen molar-refractivity contribution in [1.82, 2.24) is 9.29 Å². The lowest BCUT2D eigenvalue weighted by molar-refractivity contribution is 0.257. The van der Waals surface area contributed by atoms with Crippen LogP contribution in [0.1, 0.15) is 12.5 Å². The fourth-order valence-corrected chi connectivity index (χ4v) is 3.04. The van der Waals surface area contributed by atoms with Crippen molar-refractivity contribution < 1.29 is 13.5 Å². The molecule has 0 spiro atoms. The summed E-state index contributed by atoms with van der Waals surface area (Å²) in [6.07, 6.45) is 3.76. The maximum absolute atomic E-state index is 11.9. The Labute approximate surface area is 102 Å². The Bertz CT molecular complexity index is 420. The molecule has 96 valence electrons. The molecule has 1 aromatic rings. The van der Waals surface area contributed by atoms with Gasteiger partial charge in [0.05, 0.1) is 12.4 Å². The van der Waals surface area contributed by atoms with Gasteiger partial charge in [0, 0.05) is 25.5 Å². The number of aryl methyl sites for hydroxylation is 1. The second kappa shape index (κ2) is 6.68. The van der Waals surface area contributed by atoms with Gasteiger partial charge >= 0.3 is 0 Å². The fourth-order valence-electron chi connectivity index (χ4n) is 1.53. The zero-order chi connectivity index (χ0) is 12.7. The van der Waals surface area contributed by atoms with E-state index in [1.807, 2.05) is 0 Å². The highest BCUT2D eigenvalue weighted by molar-refractivity contribution is 7.89. The summed E-state index contributed by atoms with van der Waals surface area (Å²) < 4.78 is 25.1. The third kappa shape index (κ3) is 4.41. The number of likely N-dealkylation sites (N-methyl/N-ethyl adjacent to an activating group) is 1. The van der Waals surface area contributed by atoms with E-state index in [-0.39, 0.29) is 18.9 Å². The Morgan fingerprint density at radius 1 is 1.35 bits per heavy atom. The lowest BCUT2D eigenvalue weighted by Crippen LogP contribution is -2.35. The van der Waals surface area contributed by atoms with Crippen LogP contribution in [0.2, 0.25) is 0 Å². The molecular formula is C11H18N2O3S. The number of nitrogens with zero attached hydrogens (tertiary/aromatic N) is 2. The van der Waals surface area contributed by atoms with Crippen LogP contribution >= 0.6 is 0 Å². The van der Waals surface area contributed by atoms with Gasteiger partial charge in [0.15, 0.2) is 0 Å². The van der Waals surface area contributed by atoms with Gasteiger partial charge in [0.25, 0.3) is 0 Å². The monoisotopic (exact) mass is 258 g/mol. The molecule has 0 unspecified atom stereocenters. The molecule has 0 saturated heterocycles. The maximum atomic E-state index is 11.9. The number of aromatic nitrogens is 1. The van der Waals surface area contributed by atoms with Gasteiger partial charge in [-0.2, -0.15) is 4.31 Å². The molecule has 0 bridgehead atoms. The highest BCUT2D eigenvalue weighted by Gasteiger charge is 2.19. The largest absolute Gasteiger partial charge is 0.395 e. The lowest BCUT2D eigenvalue weighted by atomic mass is 10.2. The minimum absolute atomic E-state index is 0.0604. The van der Waals surface area contributed by atoms with E-state index in [4.69, 9.17) is 5.11 Å². The molecule has 0 radical (unpaired) electrons. The van der Waals surface area contributed by atoms with Crippen LogP contribution in [-0.2, 0) is 16.4 Å². The molecule has 0 atom stereocenters. The molecule has 0 saturated carbocycles. The van der Waals surface area contributed by atoms with Crippen molar-refractivity contribution in [2.45, 2.75) is 13.3 Å². The molecular weight excluding hydrogens is 240 g/mol. The summed E-state index contributed by atoms with van der Waals surface area (Å²) in [5.41, 5.74) is 0.948. The van der Waals surface area contributed by atoms with E-state index in [0.717, 1.165) is 5.56 Å². The van der Waals surface area contributed by atoms with E-state index in [0.29, 0.717) is 13.0 Å². The molecule has 0 aliphatic heterocycles. The molecule has 1 rings (SSSR count). The highest BCUT2D eigenvalue weighted by atomic mass is 32.2. The number of aliphatic hydroxyl groups excluding tert-OH is 1. The number of rotatable bonds is 7. The first-order valence-corrected chi connectivity index (χ1v) is 7.18. The van der Waals surface area contributed by atoms with E-state index in [2.05, 4.69) is 4.98 Å². The second-order valence-electron chi connectivity index (χ2n) is 3.64. The van der Waals surface area contributed by atoms with Gasteiger partial charge in [-0.15, -0.1) is 0 Å². The standard InChI is InChI=1S/C11H18N2O3S/c1-2-13(8-9-14)17(15,16)10-5-11-3-6-12-7-4-11/h3-4,6-7,14H,2,5,8-10H2,1H3. The van der Waals surface area contributed by atoms with E-state index >= 15 is 0 Å². The quantitative estimate of drug-likeness (QED) is 0.762. The minimum atomic E-state index is -3.28. The summed E-state index contributed by atoms with van der Waals surface area (Å²) in [5, 5.41) is 8.80. The predicted molar refractivity (Wildman–Crippen MR) is 66.1 cm³/mol. The number of sulfonamides is 1. The molecule has 0 aliphatic rings. The molecule has 1 aromatic heterocycles. The van der Waals surface area contributed by atoms with Gasteiger partial charge in [-0.3, -0.25) is 4.98 Å². The Morgan fingerprint density at radius 2 is 2.00 bits per heavy atom. The molecule has 0 aromatic carbocycles. The zero-order valence-electron chi connectivity index (χ0n) is 9.91. The summed E-state index contributed by atoms with van der Waals surface area (Å²) in [6.45, 7) is 2.16. The molecule has 17 heavy (non-hydrogen) atoms. The topological polar surface area (TPSA) is 70.5 Å². The van der Waals surface area contributed by atoms with Crippen LogP contribution in [0.25, 0.3) is 0 Å². The summed E-state index contributed by atoms with van der Waals surface area (Å²) in [5.74, 6) is 0.0604. The zero-order valence-corrected chi connectivity index (χ0v) is 10.7. The van der Waals surface area contributed by atoms with Crippen molar-refractivity contribution in [3.05, 3.63) is 30.1 Å². The Kier molecular flexibility index (Phi) is 5.54. The number of aliphatic hydroxyl groups is 1. The third-order valence-corrected chi connectivity index (χ3v) is 4.44. The van der Waals surface area contributed by atoms with Crippen LogP contribution in [-0.4, -0.2) is 48.3 Å². The second-order valence-corrected chi connectivity index (χ2v) is 5.73. The summed E-state index contributed by atoms with van der Waals surface area (Å²) >= 11 is 0. The van der Waals surface area contributed by atoms with E-state index in [1.54, 1.807) is 31.5 Å². The summed E-state index contributed by atoms with van der Waals surface area (Å²) in [4.78, 5) is 3.88. The molecule has 0 amide bonds. The van der Waals surface area contributed by atoms with Crippen molar-refractivity contribution in [3.63, 3.8) is 0 Å². The third-order valence-electron chi connectivity index (χ3n) is 2.49. The van der Waals surface area contributed by atoms with Crippen molar-refractivity contribution in [2.75, 3.05) is 25.4 Å². The van der Waals surface area contributed by atoms with Crippen LogP contribution < -0.4 is 0 Å². The first-order chi connectivity index (χ1) is 8.10. The smallest absolute Gasteiger partial charge is 0.214 e. The normalized spacial score (nSPS) is 11.9. The van der Waals surface area contributed by atoms with Gasteiger partial charge in [0.1, 0.15) is 0 Å². The Hall–Kier alpha value is -0.980. The van der Waals surface area contributed by atoms with Crippen molar-refractivity contribution in [3.8, 4) is 0 Å². The minimum Gasteiger partial charge on any atom is -0.395 e. The highest BCUT2D eigenvalue weighted by Crippen LogP contribution is 2.05. The van der Waals surface area contributed by atoms with Gasteiger partial charge in [-0.1, -0.05) is 6.92 Å². The van der Waals surface area contributed by atoms with Crippen molar-refractivity contribution in [1.29, 1.82) is 0 Å². The summed E-state index contributed by atoms with van der Waals surface area (Å²) in [6, 6.07) is 3.61. The molecule has 5 nitrogen and oxygen atoms in total. The van der Waals surface area contributed by atoms with E-state index < -0.39 is 10.0 Å². The average Bonchev–Trinajstić information content (AvgIpc) is 2.34. The Balaban J connectivity index is 2.60. The Morgan fingerprint density at radius 3 is 2.53 bits per heavy atom. The number of hydrogen-bond acceptors (Lipinski definition) is 4. The molecule has 1 heterocycles. The predicted octanol–water partition coefficient (Wildman–Crippen LogP) is 0.268. The van der Waals surface area contributed by atoms with Crippen LogP contribution in [0.3, 0.4) is 0 Å². The maximum Gasteiger partial charge on any atom is 0.214 e.